The summed E-state index contributed by atoms with van der Waals surface area (Å²) in [5.74, 6) is 0.824. The van der Waals surface area contributed by atoms with Crippen LogP contribution >= 0.6 is 11.8 Å². The van der Waals surface area contributed by atoms with E-state index in [1.165, 1.54) is 11.8 Å². The standard InChI is InChI=1S/C18H22N4O3S2/c1-3-9-22-17(14-8-10-27(24,25)12-14)20-21-18(22)26-11-16(23)19-15-6-4-13(2)5-7-15/h3-7,14H,1,8-12H2,2H3,(H,19,23). The fraction of sp³-hybridized carbons (Fsp3) is 0.389. The van der Waals surface area contributed by atoms with Crippen LogP contribution in [0.3, 0.4) is 0 Å². The molecular weight excluding hydrogens is 384 g/mol. The monoisotopic (exact) mass is 406 g/mol. The fourth-order valence-corrected chi connectivity index (χ4v) is 5.47. The summed E-state index contributed by atoms with van der Waals surface area (Å²) in [4.78, 5) is 12.2. The smallest absolute Gasteiger partial charge is 0.234 e. The summed E-state index contributed by atoms with van der Waals surface area (Å²) in [6, 6.07) is 7.59. The number of aromatic nitrogens is 3. The first kappa shape index (κ1) is 19.6. The van der Waals surface area contributed by atoms with Crippen molar-refractivity contribution in [1.29, 1.82) is 0 Å². The number of anilines is 1. The van der Waals surface area contributed by atoms with Crippen LogP contribution in [0.5, 0.6) is 0 Å². The Morgan fingerprint density at radius 3 is 2.74 bits per heavy atom. The average molecular weight is 407 g/mol. The highest BCUT2D eigenvalue weighted by Crippen LogP contribution is 2.30. The topological polar surface area (TPSA) is 93.9 Å². The normalized spacial score (nSPS) is 18.3. The number of rotatable bonds is 7. The van der Waals surface area contributed by atoms with Crippen molar-refractivity contribution in [2.24, 2.45) is 0 Å². The Kier molecular flexibility index (Phi) is 6.01. The van der Waals surface area contributed by atoms with Crippen LogP contribution in [0.25, 0.3) is 0 Å². The van der Waals surface area contributed by atoms with E-state index < -0.39 is 9.84 Å². The van der Waals surface area contributed by atoms with Crippen LogP contribution < -0.4 is 5.32 Å². The third kappa shape index (κ3) is 4.98. The number of sulfone groups is 1. The molecule has 1 atom stereocenters. The van der Waals surface area contributed by atoms with Crippen LogP contribution in [0.2, 0.25) is 0 Å². The summed E-state index contributed by atoms with van der Waals surface area (Å²) in [6.45, 7) is 6.21. The van der Waals surface area contributed by atoms with E-state index in [1.807, 2.05) is 35.8 Å². The van der Waals surface area contributed by atoms with E-state index in [0.29, 0.717) is 23.9 Å². The molecule has 1 aliphatic rings. The van der Waals surface area contributed by atoms with Crippen molar-refractivity contribution in [3.63, 3.8) is 0 Å². The van der Waals surface area contributed by atoms with Crippen molar-refractivity contribution in [1.82, 2.24) is 14.8 Å². The van der Waals surface area contributed by atoms with Gasteiger partial charge < -0.3 is 9.88 Å². The zero-order valence-electron chi connectivity index (χ0n) is 15.1. The fourth-order valence-electron chi connectivity index (χ4n) is 2.97. The predicted octanol–water partition coefficient (Wildman–Crippen LogP) is 2.41. The van der Waals surface area contributed by atoms with Gasteiger partial charge in [-0.25, -0.2) is 8.42 Å². The SMILES string of the molecule is C=CCn1c(SCC(=O)Nc2ccc(C)cc2)nnc1C1CCS(=O)(=O)C1. The molecule has 0 aliphatic carbocycles. The molecule has 0 saturated carbocycles. The van der Waals surface area contributed by atoms with Gasteiger partial charge in [0.15, 0.2) is 15.0 Å². The molecule has 27 heavy (non-hydrogen) atoms. The molecule has 1 aromatic heterocycles. The van der Waals surface area contributed by atoms with Gasteiger partial charge in [-0.3, -0.25) is 4.79 Å². The number of carbonyl (C=O) groups is 1. The largest absolute Gasteiger partial charge is 0.325 e. The Bertz CT molecular complexity index is 936. The van der Waals surface area contributed by atoms with Gasteiger partial charge in [0.25, 0.3) is 0 Å². The second-order valence-electron chi connectivity index (χ2n) is 6.54. The Morgan fingerprint density at radius 2 is 2.11 bits per heavy atom. The van der Waals surface area contributed by atoms with Crippen molar-refractivity contribution < 1.29 is 13.2 Å². The lowest BCUT2D eigenvalue weighted by atomic mass is 10.1. The number of thioether (sulfide) groups is 1. The lowest BCUT2D eigenvalue weighted by Gasteiger charge is -2.11. The minimum Gasteiger partial charge on any atom is -0.325 e. The molecule has 9 heteroatoms. The van der Waals surface area contributed by atoms with E-state index in [2.05, 4.69) is 22.1 Å². The van der Waals surface area contributed by atoms with Crippen LogP contribution in [-0.4, -0.2) is 46.3 Å². The number of nitrogens with one attached hydrogen (secondary N) is 1. The minimum atomic E-state index is -3.01. The second-order valence-corrected chi connectivity index (χ2v) is 9.71. The first-order valence-electron chi connectivity index (χ1n) is 8.61. The molecule has 3 rings (SSSR count). The molecule has 1 aliphatic heterocycles. The zero-order valence-corrected chi connectivity index (χ0v) is 16.7. The molecule has 2 heterocycles. The molecule has 0 spiro atoms. The predicted molar refractivity (Wildman–Crippen MR) is 107 cm³/mol. The summed E-state index contributed by atoms with van der Waals surface area (Å²) >= 11 is 1.28. The lowest BCUT2D eigenvalue weighted by Crippen LogP contribution is -2.15. The summed E-state index contributed by atoms with van der Waals surface area (Å²) < 4.78 is 25.4. The lowest BCUT2D eigenvalue weighted by molar-refractivity contribution is -0.113. The maximum atomic E-state index is 12.2. The Labute approximate surface area is 163 Å². The molecule has 1 N–H and O–H groups in total. The summed E-state index contributed by atoms with van der Waals surface area (Å²) in [7, 11) is -3.01. The van der Waals surface area contributed by atoms with E-state index in [9.17, 15) is 13.2 Å². The maximum absolute atomic E-state index is 12.2. The first-order valence-corrected chi connectivity index (χ1v) is 11.4. The van der Waals surface area contributed by atoms with Crippen LogP contribution in [0, 0.1) is 6.92 Å². The van der Waals surface area contributed by atoms with Gasteiger partial charge in [0.05, 0.1) is 17.3 Å². The quantitative estimate of drug-likeness (QED) is 0.561. The average Bonchev–Trinajstić information content (AvgIpc) is 3.18. The third-order valence-corrected chi connectivity index (χ3v) is 7.06. The van der Waals surface area contributed by atoms with E-state index in [1.54, 1.807) is 6.08 Å². The van der Waals surface area contributed by atoms with E-state index in [0.717, 1.165) is 11.3 Å². The van der Waals surface area contributed by atoms with Crippen LogP contribution in [0.1, 0.15) is 23.7 Å². The zero-order chi connectivity index (χ0) is 19.4. The summed E-state index contributed by atoms with van der Waals surface area (Å²) in [5, 5.41) is 11.8. The van der Waals surface area contributed by atoms with Crippen LogP contribution in [-0.2, 0) is 21.2 Å². The van der Waals surface area contributed by atoms with Gasteiger partial charge in [-0.1, -0.05) is 35.5 Å². The molecule has 1 fully saturated rings. The highest BCUT2D eigenvalue weighted by atomic mass is 32.2. The van der Waals surface area contributed by atoms with Gasteiger partial charge in [0.2, 0.25) is 5.91 Å². The Balaban J connectivity index is 1.66. The molecule has 7 nitrogen and oxygen atoms in total. The van der Waals surface area contributed by atoms with Crippen molar-refractivity contribution in [3.8, 4) is 0 Å². The van der Waals surface area contributed by atoms with Crippen molar-refractivity contribution >= 4 is 33.2 Å². The molecule has 0 bridgehead atoms. The van der Waals surface area contributed by atoms with Gasteiger partial charge in [-0.2, -0.15) is 0 Å². The molecule has 1 aromatic carbocycles. The Hall–Kier alpha value is -2.13. The highest BCUT2D eigenvalue weighted by Gasteiger charge is 2.33. The molecule has 0 radical (unpaired) electrons. The summed E-state index contributed by atoms with van der Waals surface area (Å²) in [6.07, 6.45) is 2.27. The molecule has 1 saturated heterocycles. The maximum Gasteiger partial charge on any atom is 0.234 e. The Morgan fingerprint density at radius 1 is 1.37 bits per heavy atom. The number of nitrogens with zero attached hydrogens (tertiary/aromatic N) is 3. The second kappa shape index (κ2) is 8.26. The van der Waals surface area contributed by atoms with Gasteiger partial charge in [0, 0.05) is 18.2 Å². The van der Waals surface area contributed by atoms with Gasteiger partial charge in [-0.15, -0.1) is 16.8 Å². The number of hydrogen-bond donors (Lipinski definition) is 1. The number of amides is 1. The summed E-state index contributed by atoms with van der Waals surface area (Å²) in [5.41, 5.74) is 1.87. The van der Waals surface area contributed by atoms with Crippen molar-refractivity contribution in [2.45, 2.75) is 31.0 Å². The highest BCUT2D eigenvalue weighted by molar-refractivity contribution is 7.99. The molecule has 1 amide bonds. The van der Waals surface area contributed by atoms with E-state index in [-0.39, 0.29) is 29.1 Å². The van der Waals surface area contributed by atoms with Crippen molar-refractivity contribution in [2.75, 3.05) is 22.6 Å². The molecule has 144 valence electrons. The molecular formula is C18H22N4O3S2. The number of aryl methyl sites for hydroxylation is 1. The molecule has 2 aromatic rings. The minimum absolute atomic E-state index is 0.0981. The van der Waals surface area contributed by atoms with Crippen molar-refractivity contribution in [3.05, 3.63) is 48.3 Å². The van der Waals surface area contributed by atoms with Gasteiger partial charge in [-0.05, 0) is 25.5 Å². The van der Waals surface area contributed by atoms with Gasteiger partial charge >= 0.3 is 0 Å². The van der Waals surface area contributed by atoms with Crippen LogP contribution in [0.4, 0.5) is 5.69 Å². The van der Waals surface area contributed by atoms with E-state index in [4.69, 9.17) is 0 Å². The van der Waals surface area contributed by atoms with Gasteiger partial charge in [0.1, 0.15) is 5.82 Å². The third-order valence-electron chi connectivity index (χ3n) is 4.32. The number of hydrogen-bond acceptors (Lipinski definition) is 6. The number of benzene rings is 1. The van der Waals surface area contributed by atoms with Crippen LogP contribution in [0.15, 0.2) is 42.1 Å². The molecule has 1 unspecified atom stereocenters. The number of carbonyl (C=O) groups excluding carboxylic acids is 1. The first-order chi connectivity index (χ1) is 12.9. The van der Waals surface area contributed by atoms with E-state index >= 15 is 0 Å². The number of allylic oxidation sites excluding steroid dienone is 1.